The van der Waals surface area contributed by atoms with Crippen molar-refractivity contribution in [2.45, 2.75) is 32.8 Å². The molecule has 1 aromatic rings. The lowest BCUT2D eigenvalue weighted by atomic mass is 9.93. The average Bonchev–Trinajstić information content (AvgIpc) is 2.54. The summed E-state index contributed by atoms with van der Waals surface area (Å²) in [6.07, 6.45) is 3.99. The molecule has 1 aliphatic carbocycles. The fraction of sp³-hybridized carbons (Fsp3) is 0.529. The van der Waals surface area contributed by atoms with Crippen molar-refractivity contribution >= 4 is 5.76 Å². The van der Waals surface area contributed by atoms with Gasteiger partial charge in [0.25, 0.3) is 0 Å². The number of hydrogen-bond donors (Lipinski definition) is 0. The summed E-state index contributed by atoms with van der Waals surface area (Å²) in [5.74, 6) is 1.75. The van der Waals surface area contributed by atoms with Crippen molar-refractivity contribution in [3.05, 3.63) is 35.4 Å². The third kappa shape index (κ3) is 3.57. The van der Waals surface area contributed by atoms with Crippen LogP contribution >= 0.6 is 0 Å². The van der Waals surface area contributed by atoms with Gasteiger partial charge in [0.05, 0.1) is 14.2 Å². The molecule has 21 heavy (non-hydrogen) atoms. The molecule has 2 rings (SSSR count). The van der Waals surface area contributed by atoms with Gasteiger partial charge in [-0.05, 0) is 36.3 Å². The van der Waals surface area contributed by atoms with E-state index in [1.54, 1.807) is 14.2 Å². The maximum absolute atomic E-state index is 6.18. The summed E-state index contributed by atoms with van der Waals surface area (Å²) < 4.78 is 10.8. The summed E-state index contributed by atoms with van der Waals surface area (Å²) in [4.78, 5) is 6.18. The minimum atomic E-state index is 0.0144. The molecule has 0 bridgehead atoms. The van der Waals surface area contributed by atoms with Crippen molar-refractivity contribution in [2.24, 2.45) is 0 Å². The van der Waals surface area contributed by atoms with Crippen molar-refractivity contribution in [1.29, 1.82) is 0 Å². The highest BCUT2D eigenvalue weighted by Crippen LogP contribution is 2.37. The normalized spacial score (nSPS) is 17.4. The van der Waals surface area contributed by atoms with Crippen molar-refractivity contribution < 1.29 is 14.3 Å². The van der Waals surface area contributed by atoms with Gasteiger partial charge in [-0.3, -0.25) is 4.84 Å². The standard InChI is InChI=1S/C17H25NO3/c1-5-11-18(6-2)21-17-10-9-16(20-4)14-8-7-13(19-3)12-15(14)17/h7-9,12,17H,5-6,10-11H2,1-4H3. The van der Waals surface area contributed by atoms with Crippen LogP contribution in [0.4, 0.5) is 0 Å². The minimum Gasteiger partial charge on any atom is -0.497 e. The van der Waals surface area contributed by atoms with Crippen LogP contribution in [0.3, 0.4) is 0 Å². The molecule has 4 heteroatoms. The van der Waals surface area contributed by atoms with Crippen LogP contribution in [-0.4, -0.2) is 32.4 Å². The molecule has 116 valence electrons. The number of hydrogen-bond acceptors (Lipinski definition) is 4. The molecule has 1 aromatic carbocycles. The molecule has 1 atom stereocenters. The van der Waals surface area contributed by atoms with Gasteiger partial charge in [0.15, 0.2) is 0 Å². The van der Waals surface area contributed by atoms with Crippen LogP contribution in [0.5, 0.6) is 5.75 Å². The second-order valence-corrected chi connectivity index (χ2v) is 5.08. The van der Waals surface area contributed by atoms with Gasteiger partial charge < -0.3 is 9.47 Å². The molecule has 0 heterocycles. The monoisotopic (exact) mass is 291 g/mol. The van der Waals surface area contributed by atoms with Crippen LogP contribution < -0.4 is 4.74 Å². The zero-order valence-corrected chi connectivity index (χ0v) is 13.4. The van der Waals surface area contributed by atoms with Crippen LogP contribution in [-0.2, 0) is 9.57 Å². The van der Waals surface area contributed by atoms with E-state index in [0.29, 0.717) is 0 Å². The molecule has 0 fully saturated rings. The van der Waals surface area contributed by atoms with E-state index >= 15 is 0 Å². The Hall–Kier alpha value is -1.52. The molecule has 0 spiro atoms. The predicted octanol–water partition coefficient (Wildman–Crippen LogP) is 3.79. The van der Waals surface area contributed by atoms with Crippen LogP contribution in [0.25, 0.3) is 5.76 Å². The van der Waals surface area contributed by atoms with Gasteiger partial charge in [0.1, 0.15) is 17.6 Å². The zero-order valence-electron chi connectivity index (χ0n) is 13.4. The maximum Gasteiger partial charge on any atom is 0.122 e. The Labute approximate surface area is 127 Å². The summed E-state index contributed by atoms with van der Waals surface area (Å²) >= 11 is 0. The van der Waals surface area contributed by atoms with Crippen molar-refractivity contribution in [3.8, 4) is 5.75 Å². The topological polar surface area (TPSA) is 30.9 Å². The molecule has 0 N–H and O–H groups in total. The third-order valence-corrected chi connectivity index (χ3v) is 3.71. The van der Waals surface area contributed by atoms with Crippen LogP contribution in [0.2, 0.25) is 0 Å². The number of rotatable bonds is 7. The van der Waals surface area contributed by atoms with E-state index in [4.69, 9.17) is 14.3 Å². The molecule has 0 radical (unpaired) electrons. The molecular weight excluding hydrogens is 266 g/mol. The molecular formula is C17H25NO3. The summed E-state index contributed by atoms with van der Waals surface area (Å²) in [5, 5.41) is 2.03. The number of hydroxylamine groups is 2. The van der Waals surface area contributed by atoms with Gasteiger partial charge in [-0.1, -0.05) is 13.8 Å². The summed E-state index contributed by atoms with van der Waals surface area (Å²) in [5.41, 5.74) is 2.21. The van der Waals surface area contributed by atoms with Gasteiger partial charge in [-0.15, -0.1) is 0 Å². The van der Waals surface area contributed by atoms with E-state index < -0.39 is 0 Å². The van der Waals surface area contributed by atoms with Crippen LogP contribution in [0.1, 0.15) is 43.9 Å². The van der Waals surface area contributed by atoms with Crippen molar-refractivity contribution in [1.82, 2.24) is 5.06 Å². The highest BCUT2D eigenvalue weighted by molar-refractivity contribution is 5.66. The Morgan fingerprint density at radius 3 is 2.62 bits per heavy atom. The average molecular weight is 291 g/mol. The number of nitrogens with zero attached hydrogens (tertiary/aromatic N) is 1. The van der Waals surface area contributed by atoms with Crippen molar-refractivity contribution in [3.63, 3.8) is 0 Å². The van der Waals surface area contributed by atoms with Gasteiger partial charge in [0.2, 0.25) is 0 Å². The van der Waals surface area contributed by atoms with E-state index in [1.165, 1.54) is 0 Å². The van der Waals surface area contributed by atoms with E-state index in [2.05, 4.69) is 19.9 Å². The lowest BCUT2D eigenvalue weighted by molar-refractivity contribution is -0.197. The first kappa shape index (κ1) is 15.9. The Morgan fingerprint density at radius 1 is 1.19 bits per heavy atom. The van der Waals surface area contributed by atoms with Crippen LogP contribution in [0.15, 0.2) is 24.3 Å². The highest BCUT2D eigenvalue weighted by Gasteiger charge is 2.25. The quantitative estimate of drug-likeness (QED) is 0.715. The second-order valence-electron chi connectivity index (χ2n) is 5.08. The lowest BCUT2D eigenvalue weighted by Gasteiger charge is -2.30. The lowest BCUT2D eigenvalue weighted by Crippen LogP contribution is -2.28. The van der Waals surface area contributed by atoms with E-state index in [9.17, 15) is 0 Å². The molecule has 0 saturated carbocycles. The van der Waals surface area contributed by atoms with Gasteiger partial charge in [0, 0.05) is 25.1 Å². The smallest absolute Gasteiger partial charge is 0.122 e. The molecule has 1 aliphatic rings. The Kier molecular flexibility index (Phi) is 5.65. The van der Waals surface area contributed by atoms with Crippen molar-refractivity contribution in [2.75, 3.05) is 27.3 Å². The summed E-state index contributed by atoms with van der Waals surface area (Å²) in [6.45, 7) is 6.09. The van der Waals surface area contributed by atoms with E-state index in [1.807, 2.05) is 23.3 Å². The Bertz CT molecular complexity index is 499. The van der Waals surface area contributed by atoms with Gasteiger partial charge in [-0.2, -0.15) is 5.06 Å². The number of benzene rings is 1. The third-order valence-electron chi connectivity index (χ3n) is 3.71. The molecule has 0 aliphatic heterocycles. The molecule has 0 aromatic heterocycles. The first-order valence-electron chi connectivity index (χ1n) is 7.57. The largest absolute Gasteiger partial charge is 0.497 e. The molecule has 4 nitrogen and oxygen atoms in total. The first-order chi connectivity index (χ1) is 10.2. The Morgan fingerprint density at radius 2 is 2.00 bits per heavy atom. The maximum atomic E-state index is 6.18. The van der Waals surface area contributed by atoms with Gasteiger partial charge in [-0.25, -0.2) is 0 Å². The first-order valence-corrected chi connectivity index (χ1v) is 7.57. The second kappa shape index (κ2) is 7.48. The molecule has 1 unspecified atom stereocenters. The summed E-state index contributed by atoms with van der Waals surface area (Å²) in [7, 11) is 3.39. The van der Waals surface area contributed by atoms with Crippen LogP contribution in [0, 0.1) is 0 Å². The zero-order chi connectivity index (χ0) is 15.2. The molecule has 0 amide bonds. The fourth-order valence-electron chi connectivity index (χ4n) is 2.62. The fourth-order valence-corrected chi connectivity index (χ4v) is 2.62. The SMILES string of the molecule is CCCN(CC)OC1CC=C(OC)c2ccc(OC)cc21. The van der Waals surface area contributed by atoms with Gasteiger partial charge >= 0.3 is 0 Å². The highest BCUT2D eigenvalue weighted by atomic mass is 16.7. The minimum absolute atomic E-state index is 0.0144. The van der Waals surface area contributed by atoms with E-state index in [-0.39, 0.29) is 6.10 Å². The van der Waals surface area contributed by atoms with E-state index in [0.717, 1.165) is 48.6 Å². The number of fused-ring (bicyclic) bond motifs is 1. The molecule has 0 saturated heterocycles. The Balaban J connectivity index is 2.28. The number of methoxy groups -OCH3 is 2. The predicted molar refractivity (Wildman–Crippen MR) is 84.0 cm³/mol. The number of ether oxygens (including phenoxy) is 2. The summed E-state index contributed by atoms with van der Waals surface area (Å²) in [6, 6.07) is 6.04.